The summed E-state index contributed by atoms with van der Waals surface area (Å²) < 4.78 is 5.33. The largest absolute Gasteiger partial charge is 0.444 e. The van der Waals surface area contributed by atoms with Crippen LogP contribution in [0.15, 0.2) is 54.3 Å². The van der Waals surface area contributed by atoms with Gasteiger partial charge in [-0.2, -0.15) is 0 Å². The molecular weight excluding hydrogens is 278 g/mol. The van der Waals surface area contributed by atoms with Gasteiger partial charge in [-0.3, -0.25) is 9.69 Å². The van der Waals surface area contributed by atoms with Crippen molar-refractivity contribution in [3.05, 3.63) is 59.8 Å². The first-order chi connectivity index (χ1) is 10.6. The van der Waals surface area contributed by atoms with Crippen LogP contribution in [0, 0.1) is 5.92 Å². The van der Waals surface area contributed by atoms with Crippen molar-refractivity contribution >= 4 is 11.9 Å². The highest BCUT2D eigenvalue weighted by Gasteiger charge is 2.27. The predicted molar refractivity (Wildman–Crippen MR) is 85.0 cm³/mol. The van der Waals surface area contributed by atoms with Gasteiger partial charge in [0.1, 0.15) is 6.61 Å². The number of carbonyl (C=O) groups excluding carboxylic acids is 2. The van der Waals surface area contributed by atoms with Crippen LogP contribution >= 0.6 is 0 Å². The maximum Gasteiger partial charge on any atom is 0.414 e. The van der Waals surface area contributed by atoms with E-state index < -0.39 is 6.09 Å². The Hall–Kier alpha value is -2.36. The quantitative estimate of drug-likeness (QED) is 0.796. The van der Waals surface area contributed by atoms with Crippen molar-refractivity contribution in [3.8, 4) is 0 Å². The van der Waals surface area contributed by atoms with E-state index in [1.165, 1.54) is 11.0 Å². The molecule has 1 unspecified atom stereocenters. The maximum absolute atomic E-state index is 12.3. The van der Waals surface area contributed by atoms with Gasteiger partial charge in [-0.15, -0.1) is 0 Å². The van der Waals surface area contributed by atoms with E-state index in [9.17, 15) is 9.59 Å². The first-order valence-corrected chi connectivity index (χ1v) is 7.49. The standard InChI is InChI=1S/C18H21NO3/c1-3-7-17(20)16-12-14(2)10-11-19(16)18(21)22-13-15-8-5-4-6-9-15/h3-9,12,14H,10-11,13H2,1-2H3/b7-3+. The second-order valence-corrected chi connectivity index (χ2v) is 5.37. The van der Waals surface area contributed by atoms with Crippen molar-refractivity contribution in [1.82, 2.24) is 4.90 Å². The van der Waals surface area contributed by atoms with Gasteiger partial charge >= 0.3 is 6.09 Å². The zero-order valence-electron chi connectivity index (χ0n) is 13.0. The fraction of sp³-hybridized carbons (Fsp3) is 0.333. The van der Waals surface area contributed by atoms with Gasteiger partial charge in [-0.25, -0.2) is 4.79 Å². The van der Waals surface area contributed by atoms with Crippen LogP contribution in [0.5, 0.6) is 0 Å². The Morgan fingerprint density at radius 3 is 2.73 bits per heavy atom. The Morgan fingerprint density at radius 1 is 1.32 bits per heavy atom. The summed E-state index contributed by atoms with van der Waals surface area (Å²) in [4.78, 5) is 25.8. The molecule has 116 valence electrons. The molecule has 0 bridgehead atoms. The van der Waals surface area contributed by atoms with Crippen LogP contribution in [0.2, 0.25) is 0 Å². The molecule has 0 aromatic heterocycles. The Labute approximate surface area is 131 Å². The number of rotatable bonds is 4. The molecule has 0 saturated heterocycles. The Morgan fingerprint density at radius 2 is 2.05 bits per heavy atom. The average Bonchev–Trinajstić information content (AvgIpc) is 2.53. The normalized spacial score (nSPS) is 18.2. The molecule has 0 saturated carbocycles. The fourth-order valence-corrected chi connectivity index (χ4v) is 2.33. The number of ether oxygens (including phenoxy) is 1. The van der Waals surface area contributed by atoms with Crippen LogP contribution < -0.4 is 0 Å². The van der Waals surface area contributed by atoms with Gasteiger partial charge in [0, 0.05) is 6.54 Å². The minimum Gasteiger partial charge on any atom is -0.444 e. The Balaban J connectivity index is 2.06. The zero-order valence-corrected chi connectivity index (χ0v) is 13.0. The Kier molecular flexibility index (Phi) is 5.53. The summed E-state index contributed by atoms with van der Waals surface area (Å²) in [6, 6.07) is 9.49. The second-order valence-electron chi connectivity index (χ2n) is 5.37. The summed E-state index contributed by atoms with van der Waals surface area (Å²) in [5.74, 6) is 0.119. The summed E-state index contributed by atoms with van der Waals surface area (Å²) in [5.41, 5.74) is 1.33. The van der Waals surface area contributed by atoms with Crippen LogP contribution in [0.1, 0.15) is 25.8 Å². The molecule has 0 spiro atoms. The number of hydrogen-bond donors (Lipinski definition) is 0. The molecule has 0 aliphatic carbocycles. The Bertz CT molecular complexity index is 590. The molecular formula is C18H21NO3. The van der Waals surface area contributed by atoms with E-state index in [4.69, 9.17) is 4.74 Å². The molecule has 2 rings (SSSR count). The third-order valence-corrected chi connectivity index (χ3v) is 3.54. The van der Waals surface area contributed by atoms with Crippen LogP contribution in [0.25, 0.3) is 0 Å². The highest BCUT2D eigenvalue weighted by atomic mass is 16.6. The highest BCUT2D eigenvalue weighted by Crippen LogP contribution is 2.22. The molecule has 1 aromatic rings. The van der Waals surface area contributed by atoms with Crippen LogP contribution in [0.4, 0.5) is 4.79 Å². The molecule has 1 aromatic carbocycles. The SMILES string of the molecule is C/C=C/C(=O)C1=CC(C)CCN1C(=O)OCc1ccccc1. The van der Waals surface area contributed by atoms with Gasteiger partial charge in [0.25, 0.3) is 0 Å². The van der Waals surface area contributed by atoms with Gasteiger partial charge in [-0.05, 0) is 30.9 Å². The molecule has 22 heavy (non-hydrogen) atoms. The first kappa shape index (κ1) is 16.0. The van der Waals surface area contributed by atoms with E-state index in [0.717, 1.165) is 12.0 Å². The lowest BCUT2D eigenvalue weighted by Gasteiger charge is -2.29. The fourth-order valence-electron chi connectivity index (χ4n) is 2.33. The molecule has 1 amide bonds. The van der Waals surface area contributed by atoms with Crippen molar-refractivity contribution in [3.63, 3.8) is 0 Å². The van der Waals surface area contributed by atoms with E-state index >= 15 is 0 Å². The topological polar surface area (TPSA) is 46.6 Å². The molecule has 1 atom stereocenters. The maximum atomic E-state index is 12.3. The molecule has 0 radical (unpaired) electrons. The van der Waals surface area contributed by atoms with Gasteiger partial charge < -0.3 is 4.74 Å². The lowest BCUT2D eigenvalue weighted by atomic mass is 10.00. The third-order valence-electron chi connectivity index (χ3n) is 3.54. The van der Waals surface area contributed by atoms with Crippen molar-refractivity contribution in [2.75, 3.05) is 6.54 Å². The summed E-state index contributed by atoms with van der Waals surface area (Å²) in [5, 5.41) is 0. The van der Waals surface area contributed by atoms with Crippen molar-refractivity contribution < 1.29 is 14.3 Å². The molecule has 4 heteroatoms. The lowest BCUT2D eigenvalue weighted by molar-refractivity contribution is -0.112. The summed E-state index contributed by atoms with van der Waals surface area (Å²) in [6.45, 7) is 4.53. The number of nitrogens with zero attached hydrogens (tertiary/aromatic N) is 1. The summed E-state index contributed by atoms with van der Waals surface area (Å²) in [7, 11) is 0. The molecule has 0 N–H and O–H groups in total. The minimum absolute atomic E-state index is 0.161. The van der Waals surface area contributed by atoms with Crippen molar-refractivity contribution in [2.45, 2.75) is 26.9 Å². The predicted octanol–water partition coefficient (Wildman–Crippen LogP) is 3.69. The number of ketones is 1. The van der Waals surface area contributed by atoms with Gasteiger partial charge in [0.2, 0.25) is 5.78 Å². The second kappa shape index (κ2) is 7.59. The van der Waals surface area contributed by atoms with Crippen LogP contribution in [-0.4, -0.2) is 23.3 Å². The number of hydrogen-bond acceptors (Lipinski definition) is 3. The monoisotopic (exact) mass is 299 g/mol. The van der Waals surface area contributed by atoms with E-state index in [2.05, 4.69) is 0 Å². The summed E-state index contributed by atoms with van der Waals surface area (Å²) in [6.07, 6.45) is 5.35. The molecule has 4 nitrogen and oxygen atoms in total. The first-order valence-electron chi connectivity index (χ1n) is 7.49. The number of amides is 1. The third kappa shape index (κ3) is 4.07. The van der Waals surface area contributed by atoms with Crippen molar-refractivity contribution in [1.29, 1.82) is 0 Å². The summed E-state index contributed by atoms with van der Waals surface area (Å²) >= 11 is 0. The number of carbonyl (C=O) groups is 2. The molecule has 1 heterocycles. The average molecular weight is 299 g/mol. The lowest BCUT2D eigenvalue weighted by Crippen LogP contribution is -2.38. The molecule has 1 aliphatic rings. The van der Waals surface area contributed by atoms with Gasteiger partial charge in [-0.1, -0.05) is 49.4 Å². The van der Waals surface area contributed by atoms with E-state index in [0.29, 0.717) is 12.2 Å². The zero-order chi connectivity index (χ0) is 15.9. The molecule has 1 aliphatic heterocycles. The van der Waals surface area contributed by atoms with Crippen molar-refractivity contribution in [2.24, 2.45) is 5.92 Å². The number of benzene rings is 1. The minimum atomic E-state index is -0.472. The van der Waals surface area contributed by atoms with E-state index in [1.807, 2.05) is 43.3 Å². The number of allylic oxidation sites excluding steroid dienone is 3. The van der Waals surface area contributed by atoms with Crippen LogP contribution in [0.3, 0.4) is 0 Å². The van der Waals surface area contributed by atoms with E-state index in [-0.39, 0.29) is 18.3 Å². The molecule has 0 fully saturated rings. The highest BCUT2D eigenvalue weighted by molar-refractivity contribution is 6.05. The van der Waals surface area contributed by atoms with Gasteiger partial charge in [0.15, 0.2) is 0 Å². The smallest absolute Gasteiger partial charge is 0.414 e. The van der Waals surface area contributed by atoms with Crippen LogP contribution in [-0.2, 0) is 16.1 Å². The van der Waals surface area contributed by atoms with Gasteiger partial charge in [0.05, 0.1) is 5.70 Å². The van der Waals surface area contributed by atoms with E-state index in [1.54, 1.807) is 13.0 Å².